The number of amides is 2. The van der Waals surface area contributed by atoms with E-state index in [4.69, 9.17) is 0 Å². The molecule has 0 aromatic heterocycles. The van der Waals surface area contributed by atoms with Crippen LogP contribution in [0.1, 0.15) is 44.1 Å². The van der Waals surface area contributed by atoms with E-state index >= 15 is 0 Å². The van der Waals surface area contributed by atoms with Gasteiger partial charge in [-0.25, -0.2) is 4.39 Å². The first-order chi connectivity index (χ1) is 10.6. The molecule has 0 radical (unpaired) electrons. The zero-order valence-electron chi connectivity index (χ0n) is 13.0. The number of nitrogens with one attached hydrogen (secondary N) is 1. The highest BCUT2D eigenvalue weighted by molar-refractivity contribution is 5.83. The fourth-order valence-electron chi connectivity index (χ4n) is 2.61. The second-order valence-electron chi connectivity index (χ2n) is 5.84. The van der Waals surface area contributed by atoms with Gasteiger partial charge in [0.15, 0.2) is 0 Å². The molecule has 0 spiro atoms. The highest BCUT2D eigenvalue weighted by atomic mass is 19.1. The fraction of sp³-hybridized carbons (Fsp3) is 0.529. The van der Waals surface area contributed by atoms with Gasteiger partial charge in [0.05, 0.1) is 0 Å². The van der Waals surface area contributed by atoms with E-state index in [9.17, 15) is 14.0 Å². The molecule has 1 saturated heterocycles. The first kappa shape index (κ1) is 16.5. The maximum atomic E-state index is 12.9. The van der Waals surface area contributed by atoms with Crippen LogP contribution in [-0.4, -0.2) is 36.3 Å². The summed E-state index contributed by atoms with van der Waals surface area (Å²) in [5, 5.41) is 2.84. The molecule has 22 heavy (non-hydrogen) atoms. The third-order valence-corrected chi connectivity index (χ3v) is 4.07. The first-order valence-electron chi connectivity index (χ1n) is 7.86. The highest BCUT2D eigenvalue weighted by Crippen LogP contribution is 2.15. The molecule has 0 aliphatic carbocycles. The average molecular weight is 306 g/mol. The van der Waals surface area contributed by atoms with Crippen molar-refractivity contribution in [2.45, 2.75) is 38.5 Å². The van der Waals surface area contributed by atoms with E-state index in [1.54, 1.807) is 12.1 Å². The van der Waals surface area contributed by atoms with Crippen molar-refractivity contribution in [2.24, 2.45) is 0 Å². The summed E-state index contributed by atoms with van der Waals surface area (Å²) < 4.78 is 12.9. The summed E-state index contributed by atoms with van der Waals surface area (Å²) in [6.07, 6.45) is 2.63. The predicted octanol–water partition coefficient (Wildman–Crippen LogP) is 2.45. The standard InChI is InChI=1S/C17H23FN2O2/c1-13(14-4-6-15(18)7-5-14)12-19-16(21)8-9-17(22)20-10-2-3-11-20/h4-7,13H,2-3,8-12H2,1H3,(H,19,21). The largest absolute Gasteiger partial charge is 0.355 e. The van der Waals surface area contributed by atoms with Gasteiger partial charge in [0.1, 0.15) is 5.82 Å². The van der Waals surface area contributed by atoms with Gasteiger partial charge in [-0.05, 0) is 36.5 Å². The van der Waals surface area contributed by atoms with Crippen LogP contribution < -0.4 is 5.32 Å². The molecule has 0 saturated carbocycles. The van der Waals surface area contributed by atoms with E-state index in [-0.39, 0.29) is 36.4 Å². The molecule has 5 heteroatoms. The second-order valence-corrected chi connectivity index (χ2v) is 5.84. The summed E-state index contributed by atoms with van der Waals surface area (Å²) in [6, 6.07) is 6.29. The third-order valence-electron chi connectivity index (χ3n) is 4.07. The maximum Gasteiger partial charge on any atom is 0.223 e. The molecule has 2 rings (SSSR count). The Morgan fingerprint density at radius 1 is 1.18 bits per heavy atom. The van der Waals surface area contributed by atoms with Crippen molar-refractivity contribution in [1.29, 1.82) is 0 Å². The number of hydrogen-bond donors (Lipinski definition) is 1. The SMILES string of the molecule is CC(CNC(=O)CCC(=O)N1CCCC1)c1ccc(F)cc1. The van der Waals surface area contributed by atoms with Crippen molar-refractivity contribution in [2.75, 3.05) is 19.6 Å². The quantitative estimate of drug-likeness (QED) is 0.877. The second kappa shape index (κ2) is 7.92. The van der Waals surface area contributed by atoms with Crippen molar-refractivity contribution in [3.8, 4) is 0 Å². The lowest BCUT2D eigenvalue weighted by molar-refractivity contribution is -0.132. The van der Waals surface area contributed by atoms with Crippen molar-refractivity contribution < 1.29 is 14.0 Å². The molecule has 1 aliphatic heterocycles. The minimum absolute atomic E-state index is 0.0687. The van der Waals surface area contributed by atoms with E-state index in [0.29, 0.717) is 6.54 Å². The highest BCUT2D eigenvalue weighted by Gasteiger charge is 2.18. The number of likely N-dealkylation sites (tertiary alicyclic amines) is 1. The van der Waals surface area contributed by atoms with Gasteiger partial charge in [-0.1, -0.05) is 19.1 Å². The van der Waals surface area contributed by atoms with Gasteiger partial charge in [-0.2, -0.15) is 0 Å². The Morgan fingerprint density at radius 3 is 2.45 bits per heavy atom. The van der Waals surface area contributed by atoms with E-state index in [0.717, 1.165) is 31.5 Å². The molecular formula is C17H23FN2O2. The Labute approximate surface area is 130 Å². The fourth-order valence-corrected chi connectivity index (χ4v) is 2.61. The smallest absolute Gasteiger partial charge is 0.223 e. The van der Waals surface area contributed by atoms with Gasteiger partial charge < -0.3 is 10.2 Å². The number of carbonyl (C=O) groups is 2. The van der Waals surface area contributed by atoms with E-state index in [1.807, 2.05) is 11.8 Å². The van der Waals surface area contributed by atoms with Gasteiger partial charge >= 0.3 is 0 Å². The molecule has 1 aliphatic rings. The number of rotatable bonds is 6. The molecule has 1 aromatic carbocycles. The van der Waals surface area contributed by atoms with Crippen LogP contribution in [0.5, 0.6) is 0 Å². The van der Waals surface area contributed by atoms with E-state index < -0.39 is 0 Å². The zero-order chi connectivity index (χ0) is 15.9. The summed E-state index contributed by atoms with van der Waals surface area (Å²) in [7, 11) is 0. The van der Waals surface area contributed by atoms with Gasteiger partial charge in [0.25, 0.3) is 0 Å². The molecule has 1 N–H and O–H groups in total. The van der Waals surface area contributed by atoms with E-state index in [2.05, 4.69) is 5.32 Å². The minimum atomic E-state index is -0.264. The molecule has 2 amide bonds. The lowest BCUT2D eigenvalue weighted by Gasteiger charge is -2.16. The average Bonchev–Trinajstić information content (AvgIpc) is 3.05. The molecule has 1 heterocycles. The predicted molar refractivity (Wildman–Crippen MR) is 82.9 cm³/mol. The number of carbonyl (C=O) groups excluding carboxylic acids is 2. The van der Waals surface area contributed by atoms with Crippen LogP contribution in [0.4, 0.5) is 4.39 Å². The molecule has 1 fully saturated rings. The van der Waals surface area contributed by atoms with Gasteiger partial charge in [-0.3, -0.25) is 9.59 Å². The first-order valence-corrected chi connectivity index (χ1v) is 7.86. The van der Waals surface area contributed by atoms with Crippen molar-refractivity contribution in [1.82, 2.24) is 10.2 Å². The Bertz CT molecular complexity index is 510. The van der Waals surface area contributed by atoms with Crippen LogP contribution in [-0.2, 0) is 9.59 Å². The van der Waals surface area contributed by atoms with Crippen LogP contribution in [0.2, 0.25) is 0 Å². The minimum Gasteiger partial charge on any atom is -0.355 e. The molecule has 1 aromatic rings. The van der Waals surface area contributed by atoms with Crippen molar-refractivity contribution >= 4 is 11.8 Å². The molecular weight excluding hydrogens is 283 g/mol. The molecule has 4 nitrogen and oxygen atoms in total. The van der Waals surface area contributed by atoms with Crippen LogP contribution in [0.3, 0.4) is 0 Å². The van der Waals surface area contributed by atoms with Crippen LogP contribution in [0.15, 0.2) is 24.3 Å². The number of hydrogen-bond acceptors (Lipinski definition) is 2. The molecule has 120 valence electrons. The van der Waals surface area contributed by atoms with Gasteiger partial charge in [-0.15, -0.1) is 0 Å². The van der Waals surface area contributed by atoms with E-state index in [1.165, 1.54) is 12.1 Å². The number of nitrogens with zero attached hydrogens (tertiary/aromatic N) is 1. The lowest BCUT2D eigenvalue weighted by Crippen LogP contribution is -2.31. The molecule has 1 unspecified atom stereocenters. The summed E-state index contributed by atoms with van der Waals surface area (Å²) in [4.78, 5) is 25.5. The maximum absolute atomic E-state index is 12.9. The molecule has 0 bridgehead atoms. The van der Waals surface area contributed by atoms with Crippen LogP contribution >= 0.6 is 0 Å². The summed E-state index contributed by atoms with van der Waals surface area (Å²) in [6.45, 7) is 4.11. The van der Waals surface area contributed by atoms with Gasteiger partial charge in [0, 0.05) is 32.5 Å². The number of benzene rings is 1. The van der Waals surface area contributed by atoms with Crippen LogP contribution in [0, 0.1) is 5.82 Å². The van der Waals surface area contributed by atoms with Crippen molar-refractivity contribution in [3.05, 3.63) is 35.6 Å². The van der Waals surface area contributed by atoms with Crippen molar-refractivity contribution in [3.63, 3.8) is 0 Å². The Hall–Kier alpha value is -1.91. The Kier molecular flexibility index (Phi) is 5.92. The Balaban J connectivity index is 1.68. The topological polar surface area (TPSA) is 49.4 Å². The summed E-state index contributed by atoms with van der Waals surface area (Å²) >= 11 is 0. The third kappa shape index (κ3) is 4.83. The molecule has 1 atom stereocenters. The monoisotopic (exact) mass is 306 g/mol. The van der Waals surface area contributed by atoms with Gasteiger partial charge in [0.2, 0.25) is 11.8 Å². The zero-order valence-corrected chi connectivity index (χ0v) is 13.0. The summed E-state index contributed by atoms with van der Waals surface area (Å²) in [5.74, 6) is -0.194. The summed E-state index contributed by atoms with van der Waals surface area (Å²) in [5.41, 5.74) is 0.981. The lowest BCUT2D eigenvalue weighted by atomic mass is 10.0. The normalized spacial score (nSPS) is 15.6. The van der Waals surface area contributed by atoms with Crippen LogP contribution in [0.25, 0.3) is 0 Å². The Morgan fingerprint density at radius 2 is 1.82 bits per heavy atom. The number of halogens is 1.